The summed E-state index contributed by atoms with van der Waals surface area (Å²) in [7, 11) is 1.47. The van der Waals surface area contributed by atoms with E-state index in [9.17, 15) is 4.79 Å². The van der Waals surface area contributed by atoms with Crippen molar-refractivity contribution in [1.29, 1.82) is 0 Å². The first-order chi connectivity index (χ1) is 21.7. The number of allylic oxidation sites excluding steroid dienone is 1. The summed E-state index contributed by atoms with van der Waals surface area (Å²) in [6, 6.07) is 10.1. The van der Waals surface area contributed by atoms with Gasteiger partial charge in [0.05, 0.1) is 32.5 Å². The van der Waals surface area contributed by atoms with Crippen LogP contribution in [0.15, 0.2) is 54.1 Å². The Morgan fingerprint density at radius 1 is 0.955 bits per heavy atom. The van der Waals surface area contributed by atoms with E-state index in [0.29, 0.717) is 31.0 Å². The van der Waals surface area contributed by atoms with E-state index in [-0.39, 0.29) is 36.7 Å². The molecule has 1 aromatic rings. The number of ether oxygens (including phenoxy) is 6. The summed E-state index contributed by atoms with van der Waals surface area (Å²) in [5.74, 6) is 0.842. The monoisotopic (exact) mass is 608 g/mol. The van der Waals surface area contributed by atoms with Gasteiger partial charge >= 0.3 is 5.97 Å². The standard InChI is InChI=1S/C37H52O7/c1-39-37(38)32(25-40-24-26-11-3-2-4-12-26)28-21-29-23-34(44-36-16-8-10-20-42-36)30(31(29)22-28)17-18-33(27-13-5-6-14-27)43-35-15-7-9-19-41-35/h2-4,11-12,17-18,22,27,29-36H,5-10,13-16,19-21,23-25H2,1H3/b18-17+/t29-,30+,31-,32?,33+,34+,35?,36?/m0/s1. The minimum Gasteiger partial charge on any atom is -0.468 e. The summed E-state index contributed by atoms with van der Waals surface area (Å²) >= 11 is 0. The maximum atomic E-state index is 13.0. The molecule has 2 saturated heterocycles. The number of fused-ring (bicyclic) bond motifs is 1. The molecule has 0 amide bonds. The molecule has 2 heterocycles. The van der Waals surface area contributed by atoms with Crippen LogP contribution in [-0.4, -0.2) is 57.7 Å². The summed E-state index contributed by atoms with van der Waals surface area (Å²) in [6.07, 6.45) is 20.3. The first-order valence-corrected chi connectivity index (χ1v) is 17.3. The number of rotatable bonds is 13. The molecule has 2 saturated carbocycles. The Labute approximate surface area is 263 Å². The van der Waals surface area contributed by atoms with Crippen molar-refractivity contribution >= 4 is 5.97 Å². The Morgan fingerprint density at radius 2 is 1.68 bits per heavy atom. The van der Waals surface area contributed by atoms with Crippen LogP contribution >= 0.6 is 0 Å². The molecule has 3 unspecified atom stereocenters. The zero-order chi connectivity index (χ0) is 30.1. The molecule has 0 radical (unpaired) electrons. The van der Waals surface area contributed by atoms with E-state index >= 15 is 0 Å². The molecule has 242 valence electrons. The van der Waals surface area contributed by atoms with Crippen LogP contribution in [0.3, 0.4) is 0 Å². The van der Waals surface area contributed by atoms with Crippen molar-refractivity contribution in [1.82, 2.24) is 0 Å². The largest absolute Gasteiger partial charge is 0.468 e. The van der Waals surface area contributed by atoms with Crippen molar-refractivity contribution in [3.63, 3.8) is 0 Å². The quantitative estimate of drug-likeness (QED) is 0.174. The normalized spacial score (nSPS) is 32.4. The van der Waals surface area contributed by atoms with Gasteiger partial charge in [0.25, 0.3) is 0 Å². The Bertz CT molecular complexity index is 1080. The van der Waals surface area contributed by atoms with Gasteiger partial charge in [0.15, 0.2) is 12.6 Å². The van der Waals surface area contributed by atoms with Crippen molar-refractivity contribution < 1.29 is 33.2 Å². The molecule has 8 atom stereocenters. The lowest BCUT2D eigenvalue weighted by molar-refractivity contribution is -0.193. The predicted molar refractivity (Wildman–Crippen MR) is 167 cm³/mol. The van der Waals surface area contributed by atoms with Gasteiger partial charge in [-0.3, -0.25) is 4.79 Å². The number of esters is 1. The first kappa shape index (κ1) is 31.9. The van der Waals surface area contributed by atoms with Crippen LogP contribution in [-0.2, 0) is 39.8 Å². The molecular formula is C37H52O7. The van der Waals surface area contributed by atoms with Crippen LogP contribution in [0.4, 0.5) is 0 Å². The highest BCUT2D eigenvalue weighted by Gasteiger charge is 2.47. The SMILES string of the molecule is COC(=O)C(COCc1ccccc1)C1=C[C@H]2[C@@H](C1)C[C@@H](OC1CCCCO1)[C@@H]2/C=C/[C@@H](OC1CCCCO1)C1CCCC1. The highest BCUT2D eigenvalue weighted by atomic mass is 16.7. The molecule has 4 fully saturated rings. The Morgan fingerprint density at radius 3 is 2.39 bits per heavy atom. The number of hydrogen-bond donors (Lipinski definition) is 0. The van der Waals surface area contributed by atoms with Gasteiger partial charge in [-0.05, 0) is 87.5 Å². The van der Waals surface area contributed by atoms with Crippen LogP contribution in [0.2, 0.25) is 0 Å². The van der Waals surface area contributed by atoms with Crippen LogP contribution in [0.5, 0.6) is 0 Å². The van der Waals surface area contributed by atoms with Crippen LogP contribution in [0.1, 0.15) is 82.6 Å². The van der Waals surface area contributed by atoms with Crippen LogP contribution < -0.4 is 0 Å². The molecular weight excluding hydrogens is 556 g/mol. The minimum absolute atomic E-state index is 0.0605. The molecule has 5 aliphatic rings. The maximum absolute atomic E-state index is 13.0. The summed E-state index contributed by atoms with van der Waals surface area (Å²) in [5, 5.41) is 0. The molecule has 3 aliphatic carbocycles. The van der Waals surface area contributed by atoms with Crippen LogP contribution in [0, 0.1) is 29.6 Å². The lowest BCUT2D eigenvalue weighted by Crippen LogP contribution is -2.32. The number of benzene rings is 1. The zero-order valence-electron chi connectivity index (χ0n) is 26.5. The van der Waals surface area contributed by atoms with Gasteiger partial charge in [-0.25, -0.2) is 0 Å². The molecule has 0 N–H and O–H groups in total. The molecule has 7 heteroatoms. The maximum Gasteiger partial charge on any atom is 0.315 e. The molecule has 0 spiro atoms. The Hall–Kier alpha value is -2.03. The summed E-state index contributed by atoms with van der Waals surface area (Å²) in [4.78, 5) is 13.0. The Kier molecular flexibility index (Phi) is 11.6. The second-order valence-corrected chi connectivity index (χ2v) is 13.5. The summed E-state index contributed by atoms with van der Waals surface area (Å²) < 4.78 is 36.7. The average molecular weight is 609 g/mol. The minimum atomic E-state index is -0.391. The van der Waals surface area contributed by atoms with Gasteiger partial charge in [-0.1, -0.05) is 67.0 Å². The predicted octanol–water partition coefficient (Wildman–Crippen LogP) is 7.14. The highest BCUT2D eigenvalue weighted by Crippen LogP contribution is 2.50. The van der Waals surface area contributed by atoms with E-state index in [1.54, 1.807) is 0 Å². The fraction of sp³-hybridized carbons (Fsp3) is 0.703. The fourth-order valence-corrected chi connectivity index (χ4v) is 8.10. The second kappa shape index (κ2) is 16.0. The van der Waals surface area contributed by atoms with E-state index < -0.39 is 5.92 Å². The fourth-order valence-electron chi connectivity index (χ4n) is 8.10. The summed E-state index contributed by atoms with van der Waals surface area (Å²) in [6.45, 7) is 2.36. The lowest BCUT2D eigenvalue weighted by Gasteiger charge is -2.31. The smallest absolute Gasteiger partial charge is 0.315 e. The van der Waals surface area contributed by atoms with Gasteiger partial charge in [-0.2, -0.15) is 0 Å². The lowest BCUT2D eigenvalue weighted by atomic mass is 9.90. The molecule has 6 rings (SSSR count). The molecule has 44 heavy (non-hydrogen) atoms. The number of carbonyl (C=O) groups excluding carboxylic acids is 1. The van der Waals surface area contributed by atoms with E-state index in [1.807, 2.05) is 30.3 Å². The Balaban J connectivity index is 1.19. The van der Waals surface area contributed by atoms with Gasteiger partial charge in [0.1, 0.15) is 5.92 Å². The highest BCUT2D eigenvalue weighted by molar-refractivity contribution is 5.76. The topological polar surface area (TPSA) is 72.5 Å². The average Bonchev–Trinajstić information content (AvgIpc) is 3.81. The number of carbonyl (C=O) groups is 1. The second-order valence-electron chi connectivity index (χ2n) is 13.5. The molecule has 0 aromatic heterocycles. The van der Waals surface area contributed by atoms with E-state index in [4.69, 9.17) is 28.4 Å². The first-order valence-electron chi connectivity index (χ1n) is 17.3. The van der Waals surface area contributed by atoms with E-state index in [2.05, 4.69) is 18.2 Å². The molecule has 0 bridgehead atoms. The third kappa shape index (κ3) is 8.21. The third-order valence-electron chi connectivity index (χ3n) is 10.5. The van der Waals surface area contributed by atoms with E-state index in [1.165, 1.54) is 39.2 Å². The third-order valence-corrected chi connectivity index (χ3v) is 10.5. The van der Waals surface area contributed by atoms with Crippen molar-refractivity contribution in [3.05, 3.63) is 59.7 Å². The van der Waals surface area contributed by atoms with Crippen molar-refractivity contribution in [3.8, 4) is 0 Å². The molecule has 1 aromatic carbocycles. The van der Waals surface area contributed by atoms with Crippen molar-refractivity contribution in [2.24, 2.45) is 29.6 Å². The van der Waals surface area contributed by atoms with Gasteiger partial charge in [0.2, 0.25) is 0 Å². The van der Waals surface area contributed by atoms with Gasteiger partial charge in [-0.15, -0.1) is 0 Å². The molecule has 2 aliphatic heterocycles. The summed E-state index contributed by atoms with van der Waals surface area (Å²) in [5.41, 5.74) is 2.24. The number of hydrogen-bond acceptors (Lipinski definition) is 7. The van der Waals surface area contributed by atoms with E-state index in [0.717, 1.165) is 69.3 Å². The van der Waals surface area contributed by atoms with Crippen LogP contribution in [0.25, 0.3) is 0 Å². The van der Waals surface area contributed by atoms with Crippen molar-refractivity contribution in [2.45, 2.75) is 108 Å². The van der Waals surface area contributed by atoms with Gasteiger partial charge < -0.3 is 28.4 Å². The van der Waals surface area contributed by atoms with Crippen molar-refractivity contribution in [2.75, 3.05) is 26.9 Å². The molecule has 7 nitrogen and oxygen atoms in total. The number of methoxy groups -OCH3 is 1. The zero-order valence-corrected chi connectivity index (χ0v) is 26.5. The van der Waals surface area contributed by atoms with Gasteiger partial charge in [0, 0.05) is 19.1 Å².